The third-order valence-electron chi connectivity index (χ3n) is 3.36. The van der Waals surface area contributed by atoms with E-state index < -0.39 is 0 Å². The van der Waals surface area contributed by atoms with Crippen LogP contribution in [0.25, 0.3) is 0 Å². The Morgan fingerprint density at radius 2 is 2.08 bits per heavy atom. The van der Waals surface area contributed by atoms with Gasteiger partial charge >= 0.3 is 0 Å². The van der Waals surface area contributed by atoms with Crippen molar-refractivity contribution >= 4 is 6.08 Å². The minimum absolute atomic E-state index is 0.235. The molecule has 3 atom stereocenters. The topological polar surface area (TPSA) is 29.4 Å². The Kier molecular flexibility index (Phi) is 3.68. The van der Waals surface area contributed by atoms with Crippen LogP contribution in [0.4, 0.5) is 0 Å². The average Bonchev–Trinajstić information content (AvgIpc) is 2.08. The van der Waals surface area contributed by atoms with E-state index in [0.29, 0.717) is 5.92 Å². The Balaban J connectivity index is 2.57. The number of aliphatic imine (C=N–C) groups is 1. The smallest absolute Gasteiger partial charge is 0.211 e. The second-order valence-electron chi connectivity index (χ2n) is 4.58. The predicted octanol–water partition coefficient (Wildman–Crippen LogP) is 2.78. The van der Waals surface area contributed by atoms with Crippen molar-refractivity contribution in [2.24, 2.45) is 22.7 Å². The quantitative estimate of drug-likeness (QED) is 0.476. The minimum Gasteiger partial charge on any atom is -0.211 e. The van der Waals surface area contributed by atoms with Gasteiger partial charge in [0.2, 0.25) is 6.08 Å². The molecule has 0 N–H and O–H groups in total. The Morgan fingerprint density at radius 1 is 1.38 bits per heavy atom. The van der Waals surface area contributed by atoms with Gasteiger partial charge in [0, 0.05) is 0 Å². The Hall–Kier alpha value is -0.620. The average molecular weight is 181 g/mol. The lowest BCUT2D eigenvalue weighted by Crippen LogP contribution is -2.28. The summed E-state index contributed by atoms with van der Waals surface area (Å²) in [5, 5.41) is 0. The summed E-state index contributed by atoms with van der Waals surface area (Å²) in [6.07, 6.45) is 5.28. The van der Waals surface area contributed by atoms with Crippen molar-refractivity contribution in [3.63, 3.8) is 0 Å². The Morgan fingerprint density at radius 3 is 2.62 bits per heavy atom. The molecule has 0 radical (unpaired) electrons. The maximum atomic E-state index is 10.2. The largest absolute Gasteiger partial charge is 0.235 e. The summed E-state index contributed by atoms with van der Waals surface area (Å²) in [5.74, 6) is 2.03. The van der Waals surface area contributed by atoms with Gasteiger partial charge in [0.1, 0.15) is 0 Å². The van der Waals surface area contributed by atoms with Gasteiger partial charge in [0.15, 0.2) is 0 Å². The maximum absolute atomic E-state index is 10.2. The number of nitrogens with zero attached hydrogens (tertiary/aromatic N) is 1. The molecule has 0 aromatic rings. The standard InChI is InChI=1S/C11H19NO/c1-8(2)10-5-4-9(3)11(6-10)12-7-13/h8-11H,4-6H2,1-3H3/t9-,10-,11-/m0/s1. The molecule has 1 saturated carbocycles. The molecule has 74 valence electrons. The van der Waals surface area contributed by atoms with Gasteiger partial charge in [0.25, 0.3) is 0 Å². The van der Waals surface area contributed by atoms with Crippen LogP contribution in [-0.2, 0) is 4.79 Å². The lowest BCUT2D eigenvalue weighted by molar-refractivity contribution is 0.207. The summed E-state index contributed by atoms with van der Waals surface area (Å²) in [6.45, 7) is 6.69. The second kappa shape index (κ2) is 4.57. The first kappa shape index (κ1) is 10.5. The van der Waals surface area contributed by atoms with Gasteiger partial charge in [0.05, 0.1) is 6.04 Å². The molecule has 2 heteroatoms. The van der Waals surface area contributed by atoms with Crippen LogP contribution >= 0.6 is 0 Å². The molecule has 0 aromatic carbocycles. The second-order valence-corrected chi connectivity index (χ2v) is 4.58. The van der Waals surface area contributed by atoms with Crippen LogP contribution in [0.1, 0.15) is 40.0 Å². The molecule has 0 amide bonds. The molecule has 0 unspecified atom stereocenters. The zero-order chi connectivity index (χ0) is 9.84. The van der Waals surface area contributed by atoms with E-state index in [9.17, 15) is 4.79 Å². The highest BCUT2D eigenvalue weighted by Gasteiger charge is 2.28. The van der Waals surface area contributed by atoms with Crippen molar-refractivity contribution < 1.29 is 4.79 Å². The molecule has 0 bridgehead atoms. The monoisotopic (exact) mass is 181 g/mol. The highest BCUT2D eigenvalue weighted by atomic mass is 16.1. The molecule has 0 aliphatic heterocycles. The molecule has 0 spiro atoms. The van der Waals surface area contributed by atoms with Crippen LogP contribution in [-0.4, -0.2) is 12.1 Å². The molecular weight excluding hydrogens is 162 g/mol. The van der Waals surface area contributed by atoms with Gasteiger partial charge in [-0.2, -0.15) is 0 Å². The normalized spacial score (nSPS) is 34.3. The molecule has 2 nitrogen and oxygen atoms in total. The van der Waals surface area contributed by atoms with Gasteiger partial charge < -0.3 is 0 Å². The molecule has 0 saturated heterocycles. The highest BCUT2D eigenvalue weighted by molar-refractivity contribution is 5.33. The summed E-state index contributed by atoms with van der Waals surface area (Å²) in [4.78, 5) is 14.1. The van der Waals surface area contributed by atoms with Crippen LogP contribution < -0.4 is 0 Å². The van der Waals surface area contributed by atoms with Crippen LogP contribution in [0.15, 0.2) is 4.99 Å². The summed E-state index contributed by atoms with van der Waals surface area (Å²) in [6, 6.07) is 0.235. The minimum atomic E-state index is 0.235. The van der Waals surface area contributed by atoms with E-state index in [1.54, 1.807) is 6.08 Å². The number of hydrogen-bond acceptors (Lipinski definition) is 2. The van der Waals surface area contributed by atoms with Crippen LogP contribution in [0.2, 0.25) is 0 Å². The van der Waals surface area contributed by atoms with Gasteiger partial charge in [-0.3, -0.25) is 0 Å². The Bertz CT molecular complexity index is 206. The molecule has 1 aliphatic rings. The van der Waals surface area contributed by atoms with Crippen LogP contribution in [0.5, 0.6) is 0 Å². The number of hydrogen-bond donors (Lipinski definition) is 0. The van der Waals surface area contributed by atoms with Crippen molar-refractivity contribution in [2.45, 2.75) is 46.1 Å². The van der Waals surface area contributed by atoms with E-state index in [0.717, 1.165) is 18.3 Å². The fourth-order valence-corrected chi connectivity index (χ4v) is 2.18. The highest BCUT2D eigenvalue weighted by Crippen LogP contribution is 2.34. The molecule has 1 aliphatic carbocycles. The number of carbonyl (C=O) groups excluding carboxylic acids is 1. The lowest BCUT2D eigenvalue weighted by atomic mass is 9.75. The summed E-state index contributed by atoms with van der Waals surface area (Å²) >= 11 is 0. The molecule has 1 fully saturated rings. The first-order valence-electron chi connectivity index (χ1n) is 5.22. The van der Waals surface area contributed by atoms with Crippen LogP contribution in [0, 0.1) is 17.8 Å². The van der Waals surface area contributed by atoms with Crippen molar-refractivity contribution in [3.05, 3.63) is 0 Å². The number of rotatable bonds is 2. The third-order valence-corrected chi connectivity index (χ3v) is 3.36. The zero-order valence-corrected chi connectivity index (χ0v) is 8.79. The van der Waals surface area contributed by atoms with E-state index in [-0.39, 0.29) is 6.04 Å². The maximum Gasteiger partial charge on any atom is 0.235 e. The molecule has 1 rings (SSSR count). The lowest BCUT2D eigenvalue weighted by Gasteiger charge is -2.33. The molecule has 0 heterocycles. The summed E-state index contributed by atoms with van der Waals surface area (Å²) in [7, 11) is 0. The fourth-order valence-electron chi connectivity index (χ4n) is 2.18. The van der Waals surface area contributed by atoms with Crippen molar-refractivity contribution in [1.82, 2.24) is 0 Å². The van der Waals surface area contributed by atoms with E-state index in [1.807, 2.05) is 0 Å². The van der Waals surface area contributed by atoms with Gasteiger partial charge in [-0.1, -0.05) is 20.8 Å². The van der Waals surface area contributed by atoms with E-state index in [2.05, 4.69) is 25.8 Å². The first-order chi connectivity index (χ1) is 6.15. The van der Waals surface area contributed by atoms with Crippen molar-refractivity contribution in [3.8, 4) is 0 Å². The first-order valence-corrected chi connectivity index (χ1v) is 5.22. The van der Waals surface area contributed by atoms with E-state index in [1.165, 1.54) is 12.8 Å². The molecular formula is C11H19NO. The fraction of sp³-hybridized carbons (Fsp3) is 0.909. The van der Waals surface area contributed by atoms with E-state index in [4.69, 9.17) is 0 Å². The zero-order valence-electron chi connectivity index (χ0n) is 8.79. The van der Waals surface area contributed by atoms with Crippen molar-refractivity contribution in [2.75, 3.05) is 0 Å². The van der Waals surface area contributed by atoms with Gasteiger partial charge in [-0.05, 0) is 37.0 Å². The molecule has 0 aromatic heterocycles. The van der Waals surface area contributed by atoms with Crippen molar-refractivity contribution in [1.29, 1.82) is 0 Å². The third kappa shape index (κ3) is 2.67. The van der Waals surface area contributed by atoms with Gasteiger partial charge in [-0.25, -0.2) is 9.79 Å². The van der Waals surface area contributed by atoms with E-state index >= 15 is 0 Å². The predicted molar refractivity (Wildman–Crippen MR) is 53.3 cm³/mol. The SMILES string of the molecule is CC(C)[C@H]1CC[C@H](C)[C@@H](N=C=O)C1. The van der Waals surface area contributed by atoms with Gasteiger partial charge in [-0.15, -0.1) is 0 Å². The Labute approximate surface area is 80.4 Å². The molecule has 13 heavy (non-hydrogen) atoms. The number of isocyanates is 1. The van der Waals surface area contributed by atoms with Crippen LogP contribution in [0.3, 0.4) is 0 Å². The summed E-state index contributed by atoms with van der Waals surface area (Å²) in [5.41, 5.74) is 0. The summed E-state index contributed by atoms with van der Waals surface area (Å²) < 4.78 is 0.